The lowest BCUT2D eigenvalue weighted by Gasteiger charge is -2.28. The molecule has 0 unspecified atom stereocenters. The Hall–Kier alpha value is -3.46. The van der Waals surface area contributed by atoms with Gasteiger partial charge in [-0.1, -0.05) is 0 Å². The Labute approximate surface area is 200 Å². The van der Waals surface area contributed by atoms with Gasteiger partial charge in [0.15, 0.2) is 0 Å². The third-order valence-corrected chi connectivity index (χ3v) is 6.96. The van der Waals surface area contributed by atoms with Gasteiger partial charge in [0, 0.05) is 54.7 Å². The van der Waals surface area contributed by atoms with Crippen LogP contribution in [0.15, 0.2) is 41.6 Å². The zero-order valence-corrected chi connectivity index (χ0v) is 19.5. The van der Waals surface area contributed by atoms with E-state index in [1.165, 1.54) is 12.1 Å². The Morgan fingerprint density at radius 3 is 2.71 bits per heavy atom. The van der Waals surface area contributed by atoms with Crippen LogP contribution in [0.3, 0.4) is 0 Å². The summed E-state index contributed by atoms with van der Waals surface area (Å²) in [5.41, 5.74) is 2.40. The van der Waals surface area contributed by atoms with E-state index in [1.807, 2.05) is 17.1 Å². The minimum Gasteiger partial charge on any atom is -0.373 e. The molecule has 0 radical (unpaired) electrons. The highest BCUT2D eigenvalue weighted by atomic mass is 19.1. The second-order valence-electron chi connectivity index (χ2n) is 9.57. The number of halogens is 2. The van der Waals surface area contributed by atoms with Crippen LogP contribution in [0.2, 0.25) is 0 Å². The van der Waals surface area contributed by atoms with E-state index in [9.17, 15) is 13.6 Å². The molecule has 180 valence electrons. The third-order valence-electron chi connectivity index (χ3n) is 6.96. The molecule has 2 fully saturated rings. The minimum absolute atomic E-state index is 0.0881. The highest BCUT2D eigenvalue weighted by Crippen LogP contribution is 2.40. The van der Waals surface area contributed by atoms with Crippen LogP contribution >= 0.6 is 0 Å². The summed E-state index contributed by atoms with van der Waals surface area (Å²) < 4.78 is 38.3. The summed E-state index contributed by atoms with van der Waals surface area (Å²) in [7, 11) is 1.77. The normalized spacial score (nSPS) is 20.5. The maximum Gasteiger partial charge on any atom is 0.210 e. The number of pyridine rings is 1. The minimum atomic E-state index is -0.735. The molecule has 0 amide bonds. The fourth-order valence-electron chi connectivity index (χ4n) is 4.94. The van der Waals surface area contributed by atoms with Crippen molar-refractivity contribution >= 4 is 11.0 Å². The van der Waals surface area contributed by atoms with Gasteiger partial charge in [0.2, 0.25) is 5.43 Å². The fourth-order valence-corrected chi connectivity index (χ4v) is 4.94. The summed E-state index contributed by atoms with van der Waals surface area (Å²) in [6.45, 7) is 2.24. The Morgan fingerprint density at radius 2 is 1.94 bits per heavy atom. The number of aryl methyl sites for hydroxylation is 2. The number of hydrogen-bond acceptors (Lipinski definition) is 5. The maximum absolute atomic E-state index is 14.9. The summed E-state index contributed by atoms with van der Waals surface area (Å²) in [6.07, 6.45) is 9.02. The van der Waals surface area contributed by atoms with Gasteiger partial charge in [-0.2, -0.15) is 5.10 Å². The average molecular weight is 478 g/mol. The van der Waals surface area contributed by atoms with Gasteiger partial charge in [-0.15, -0.1) is 0 Å². The van der Waals surface area contributed by atoms with Crippen molar-refractivity contribution < 1.29 is 13.5 Å². The molecule has 1 saturated carbocycles. The molecule has 3 aromatic heterocycles. The SMILES string of the molecule is Cc1cn(C)c2c(-c3ccc(F)cc3F)nc([C@H]3CCO[C@H](c4cnn(C5CC5)c4)C3)nc2c1=O. The second kappa shape index (κ2) is 8.34. The molecular weight excluding hydrogens is 452 g/mol. The van der Waals surface area contributed by atoms with E-state index < -0.39 is 11.6 Å². The van der Waals surface area contributed by atoms with Crippen LogP contribution in [0.25, 0.3) is 22.3 Å². The Morgan fingerprint density at radius 1 is 1.11 bits per heavy atom. The average Bonchev–Trinajstić information content (AvgIpc) is 3.58. The number of ether oxygens (including phenoxy) is 1. The highest BCUT2D eigenvalue weighted by Gasteiger charge is 2.31. The van der Waals surface area contributed by atoms with Crippen LogP contribution in [-0.2, 0) is 11.8 Å². The fraction of sp³-hybridized carbons (Fsp3) is 0.385. The number of nitrogens with zero attached hydrogens (tertiary/aromatic N) is 5. The lowest BCUT2D eigenvalue weighted by Crippen LogP contribution is -2.22. The second-order valence-corrected chi connectivity index (χ2v) is 9.57. The van der Waals surface area contributed by atoms with Crippen molar-refractivity contribution in [2.45, 2.75) is 50.7 Å². The monoisotopic (exact) mass is 477 g/mol. The Balaban J connectivity index is 1.46. The molecule has 1 saturated heterocycles. The van der Waals surface area contributed by atoms with Crippen LogP contribution < -0.4 is 5.43 Å². The molecule has 2 atom stereocenters. The van der Waals surface area contributed by atoms with Gasteiger partial charge >= 0.3 is 0 Å². The van der Waals surface area contributed by atoms with E-state index in [2.05, 4.69) is 5.10 Å². The molecule has 35 heavy (non-hydrogen) atoms. The summed E-state index contributed by atoms with van der Waals surface area (Å²) in [5.74, 6) is -1.02. The first-order chi connectivity index (χ1) is 16.9. The first-order valence-corrected chi connectivity index (χ1v) is 11.9. The van der Waals surface area contributed by atoms with Crippen LogP contribution in [0.4, 0.5) is 8.78 Å². The first kappa shape index (κ1) is 22.0. The van der Waals surface area contributed by atoms with Crippen molar-refractivity contribution in [1.82, 2.24) is 24.3 Å². The van der Waals surface area contributed by atoms with E-state index in [0.717, 1.165) is 24.5 Å². The zero-order valence-electron chi connectivity index (χ0n) is 19.5. The van der Waals surface area contributed by atoms with Gasteiger partial charge in [-0.05, 0) is 44.7 Å². The smallest absolute Gasteiger partial charge is 0.210 e. The molecule has 7 nitrogen and oxygen atoms in total. The largest absolute Gasteiger partial charge is 0.373 e. The Bertz CT molecular complexity index is 1510. The predicted molar refractivity (Wildman–Crippen MR) is 126 cm³/mol. The van der Waals surface area contributed by atoms with E-state index in [0.29, 0.717) is 42.4 Å². The highest BCUT2D eigenvalue weighted by molar-refractivity contribution is 5.89. The van der Waals surface area contributed by atoms with E-state index >= 15 is 0 Å². The molecule has 0 N–H and O–H groups in total. The van der Waals surface area contributed by atoms with Gasteiger partial charge < -0.3 is 9.30 Å². The van der Waals surface area contributed by atoms with Crippen LogP contribution in [0, 0.1) is 18.6 Å². The molecular formula is C26H25F2N5O2. The number of fused-ring (bicyclic) bond motifs is 1. The lowest BCUT2D eigenvalue weighted by atomic mass is 9.92. The number of aromatic nitrogens is 5. The zero-order chi connectivity index (χ0) is 24.3. The molecule has 1 aliphatic carbocycles. The van der Waals surface area contributed by atoms with Gasteiger partial charge in [0.05, 0.1) is 23.9 Å². The molecule has 4 aromatic rings. The van der Waals surface area contributed by atoms with Crippen molar-refractivity contribution in [2.24, 2.45) is 7.05 Å². The molecule has 0 spiro atoms. The van der Waals surface area contributed by atoms with Crippen LogP contribution in [-0.4, -0.2) is 30.9 Å². The van der Waals surface area contributed by atoms with Gasteiger partial charge in [-0.3, -0.25) is 9.48 Å². The number of hydrogen-bond donors (Lipinski definition) is 0. The van der Waals surface area contributed by atoms with Crippen molar-refractivity contribution in [3.05, 3.63) is 75.6 Å². The Kier molecular flexibility index (Phi) is 5.25. The summed E-state index contributed by atoms with van der Waals surface area (Å²) in [6, 6.07) is 3.87. The molecule has 1 aliphatic heterocycles. The predicted octanol–water partition coefficient (Wildman–Crippen LogP) is 4.75. The van der Waals surface area contributed by atoms with Crippen molar-refractivity contribution in [1.29, 1.82) is 0 Å². The van der Waals surface area contributed by atoms with Crippen molar-refractivity contribution in [2.75, 3.05) is 6.61 Å². The van der Waals surface area contributed by atoms with Gasteiger partial charge in [0.1, 0.15) is 28.7 Å². The molecule has 1 aromatic carbocycles. The molecule has 0 bridgehead atoms. The third kappa shape index (κ3) is 3.93. The maximum atomic E-state index is 14.9. The van der Waals surface area contributed by atoms with E-state index in [-0.39, 0.29) is 34.2 Å². The summed E-state index contributed by atoms with van der Waals surface area (Å²) in [4.78, 5) is 22.6. The van der Waals surface area contributed by atoms with Crippen molar-refractivity contribution in [3.8, 4) is 11.3 Å². The molecule has 4 heterocycles. The van der Waals surface area contributed by atoms with Crippen LogP contribution in [0.1, 0.15) is 60.7 Å². The molecule has 9 heteroatoms. The molecule has 6 rings (SSSR count). The van der Waals surface area contributed by atoms with Gasteiger partial charge in [-0.25, -0.2) is 18.7 Å². The van der Waals surface area contributed by atoms with E-state index in [1.54, 1.807) is 24.7 Å². The quantitative estimate of drug-likeness (QED) is 0.424. The standard InChI is InChI=1S/C26H25F2N5O2/c1-14-12-32(2)24-22(19-6-3-17(27)10-20(19)28)30-26(31-23(24)25(14)34)15-7-8-35-21(9-15)16-11-29-33(13-16)18-4-5-18/h3,6,10-13,15,18,21H,4-5,7-9H2,1-2H3/t15-,21-/m0/s1. The lowest BCUT2D eigenvalue weighted by molar-refractivity contribution is 0.00397. The number of rotatable bonds is 4. The van der Waals surface area contributed by atoms with Crippen molar-refractivity contribution in [3.63, 3.8) is 0 Å². The summed E-state index contributed by atoms with van der Waals surface area (Å²) in [5, 5.41) is 4.48. The van der Waals surface area contributed by atoms with E-state index in [4.69, 9.17) is 14.7 Å². The first-order valence-electron chi connectivity index (χ1n) is 11.9. The van der Waals surface area contributed by atoms with Gasteiger partial charge in [0.25, 0.3) is 0 Å². The summed E-state index contributed by atoms with van der Waals surface area (Å²) >= 11 is 0. The topological polar surface area (TPSA) is 74.8 Å². The molecule has 2 aliphatic rings. The van der Waals surface area contributed by atoms with Crippen LogP contribution in [0.5, 0.6) is 0 Å². The number of benzene rings is 1.